The summed E-state index contributed by atoms with van der Waals surface area (Å²) < 4.78 is 33.8. The number of methoxy groups -OCH3 is 1. The molecule has 134 valence electrons. The second kappa shape index (κ2) is 9.01. The minimum absolute atomic E-state index is 0.0747. The standard InChI is InChI=1S/C19H21F2NO3/c1-13-3-8-17(24-2)15(11-13)9-10-22-18(23)12-14-4-6-16(7-5-14)25-19(20)21/h3-8,11,19H,9-10,12H2,1-2H3,(H,22,23). The molecular weight excluding hydrogens is 328 g/mol. The Labute approximate surface area is 145 Å². The molecule has 25 heavy (non-hydrogen) atoms. The predicted octanol–water partition coefficient (Wildman–Crippen LogP) is 3.51. The number of hydrogen-bond donors (Lipinski definition) is 1. The molecule has 0 saturated heterocycles. The van der Waals surface area contributed by atoms with Crippen LogP contribution in [-0.2, 0) is 17.6 Å². The van der Waals surface area contributed by atoms with Crippen LogP contribution in [-0.4, -0.2) is 26.2 Å². The van der Waals surface area contributed by atoms with Crippen LogP contribution < -0.4 is 14.8 Å². The number of hydrogen-bond acceptors (Lipinski definition) is 3. The second-order valence-electron chi connectivity index (χ2n) is 5.61. The quantitative estimate of drug-likeness (QED) is 0.793. The Kier molecular flexibility index (Phi) is 6.74. The fourth-order valence-electron chi connectivity index (χ4n) is 2.48. The van der Waals surface area contributed by atoms with E-state index in [4.69, 9.17) is 4.74 Å². The van der Waals surface area contributed by atoms with Gasteiger partial charge in [0.05, 0.1) is 13.5 Å². The van der Waals surface area contributed by atoms with Gasteiger partial charge in [0.15, 0.2) is 0 Å². The highest BCUT2D eigenvalue weighted by atomic mass is 19.3. The molecule has 0 aliphatic heterocycles. The van der Waals surface area contributed by atoms with Crippen LogP contribution in [0.25, 0.3) is 0 Å². The first-order chi connectivity index (χ1) is 12.0. The number of benzene rings is 2. The second-order valence-corrected chi connectivity index (χ2v) is 5.61. The third-order valence-corrected chi connectivity index (χ3v) is 3.67. The maximum absolute atomic E-state index is 12.1. The first kappa shape index (κ1) is 18.7. The normalized spacial score (nSPS) is 10.6. The van der Waals surface area contributed by atoms with E-state index in [-0.39, 0.29) is 18.1 Å². The van der Waals surface area contributed by atoms with Crippen molar-refractivity contribution in [2.24, 2.45) is 0 Å². The molecule has 0 fully saturated rings. The number of ether oxygens (including phenoxy) is 2. The summed E-state index contributed by atoms with van der Waals surface area (Å²) in [7, 11) is 1.62. The van der Waals surface area contributed by atoms with E-state index >= 15 is 0 Å². The molecule has 0 heterocycles. The van der Waals surface area contributed by atoms with Gasteiger partial charge >= 0.3 is 6.61 Å². The summed E-state index contributed by atoms with van der Waals surface area (Å²) >= 11 is 0. The molecule has 4 nitrogen and oxygen atoms in total. The van der Waals surface area contributed by atoms with Crippen LogP contribution in [0.15, 0.2) is 42.5 Å². The first-order valence-electron chi connectivity index (χ1n) is 7.92. The summed E-state index contributed by atoms with van der Waals surface area (Å²) in [6, 6.07) is 12.0. The Balaban J connectivity index is 1.82. The summed E-state index contributed by atoms with van der Waals surface area (Å²) in [5, 5.41) is 2.85. The fraction of sp³-hybridized carbons (Fsp3) is 0.316. The van der Waals surface area contributed by atoms with Gasteiger partial charge in [-0.3, -0.25) is 4.79 Å². The van der Waals surface area contributed by atoms with Crippen LogP contribution in [0.3, 0.4) is 0 Å². The van der Waals surface area contributed by atoms with Gasteiger partial charge in [0.1, 0.15) is 11.5 Å². The van der Waals surface area contributed by atoms with Gasteiger partial charge in [-0.15, -0.1) is 0 Å². The fourth-order valence-corrected chi connectivity index (χ4v) is 2.48. The number of amides is 1. The molecule has 2 aromatic carbocycles. The lowest BCUT2D eigenvalue weighted by Gasteiger charge is -2.10. The SMILES string of the molecule is COc1ccc(C)cc1CCNC(=O)Cc1ccc(OC(F)F)cc1. The van der Waals surface area contributed by atoms with Crippen molar-refractivity contribution in [3.63, 3.8) is 0 Å². The lowest BCUT2D eigenvalue weighted by Crippen LogP contribution is -2.27. The zero-order chi connectivity index (χ0) is 18.2. The largest absolute Gasteiger partial charge is 0.496 e. The highest BCUT2D eigenvalue weighted by molar-refractivity contribution is 5.78. The molecule has 1 N–H and O–H groups in total. The van der Waals surface area contributed by atoms with E-state index in [1.165, 1.54) is 12.1 Å². The van der Waals surface area contributed by atoms with E-state index in [0.717, 1.165) is 22.4 Å². The van der Waals surface area contributed by atoms with E-state index in [1.54, 1.807) is 19.2 Å². The Morgan fingerprint density at radius 3 is 2.52 bits per heavy atom. The third kappa shape index (κ3) is 6.06. The number of carbonyl (C=O) groups is 1. The monoisotopic (exact) mass is 349 g/mol. The molecule has 6 heteroatoms. The molecule has 0 aliphatic rings. The molecule has 0 unspecified atom stereocenters. The van der Waals surface area contributed by atoms with Gasteiger partial charge in [-0.05, 0) is 42.7 Å². The van der Waals surface area contributed by atoms with Crippen LogP contribution in [0.1, 0.15) is 16.7 Å². The molecular formula is C19H21F2NO3. The summed E-state index contributed by atoms with van der Waals surface area (Å²) in [5.41, 5.74) is 2.90. The smallest absolute Gasteiger partial charge is 0.387 e. The van der Waals surface area contributed by atoms with Gasteiger partial charge in [0.2, 0.25) is 5.91 Å². The zero-order valence-electron chi connectivity index (χ0n) is 14.2. The number of rotatable bonds is 8. The maximum atomic E-state index is 12.1. The van der Waals surface area contributed by atoms with Crippen LogP contribution in [0.5, 0.6) is 11.5 Å². The van der Waals surface area contributed by atoms with Crippen molar-refractivity contribution in [1.29, 1.82) is 0 Å². The van der Waals surface area contributed by atoms with Gasteiger partial charge in [0.25, 0.3) is 0 Å². The van der Waals surface area contributed by atoms with Crippen molar-refractivity contribution in [2.75, 3.05) is 13.7 Å². The van der Waals surface area contributed by atoms with E-state index in [2.05, 4.69) is 10.1 Å². The van der Waals surface area contributed by atoms with Crippen LogP contribution in [0.4, 0.5) is 8.78 Å². The van der Waals surface area contributed by atoms with Gasteiger partial charge < -0.3 is 14.8 Å². The van der Waals surface area contributed by atoms with E-state index in [0.29, 0.717) is 13.0 Å². The molecule has 2 aromatic rings. The molecule has 0 atom stereocenters. The molecule has 2 rings (SSSR count). The topological polar surface area (TPSA) is 47.6 Å². The number of alkyl halides is 2. The van der Waals surface area contributed by atoms with Crippen molar-refractivity contribution in [3.8, 4) is 11.5 Å². The van der Waals surface area contributed by atoms with E-state index < -0.39 is 6.61 Å². The van der Waals surface area contributed by atoms with Crippen LogP contribution in [0, 0.1) is 6.92 Å². The molecule has 0 spiro atoms. The van der Waals surface area contributed by atoms with Gasteiger partial charge in [-0.2, -0.15) is 8.78 Å². The number of carbonyl (C=O) groups excluding carboxylic acids is 1. The Hall–Kier alpha value is -2.63. The molecule has 1 amide bonds. The first-order valence-corrected chi connectivity index (χ1v) is 7.92. The number of nitrogens with one attached hydrogen (secondary N) is 1. The Bertz CT molecular complexity index is 702. The molecule has 0 aromatic heterocycles. The highest BCUT2D eigenvalue weighted by Gasteiger charge is 2.07. The molecule has 0 saturated carbocycles. The molecule has 0 aliphatic carbocycles. The zero-order valence-corrected chi connectivity index (χ0v) is 14.2. The minimum atomic E-state index is -2.85. The lowest BCUT2D eigenvalue weighted by atomic mass is 10.1. The number of aryl methyl sites for hydroxylation is 1. The van der Waals surface area contributed by atoms with Gasteiger partial charge in [0, 0.05) is 6.54 Å². The summed E-state index contributed by atoms with van der Waals surface area (Å²) in [5.74, 6) is 0.745. The molecule has 0 radical (unpaired) electrons. The minimum Gasteiger partial charge on any atom is -0.496 e. The van der Waals surface area contributed by atoms with Gasteiger partial charge in [-0.25, -0.2) is 0 Å². The average molecular weight is 349 g/mol. The summed E-state index contributed by atoms with van der Waals surface area (Å²) in [4.78, 5) is 12.0. The van der Waals surface area contributed by atoms with E-state index in [1.807, 2.05) is 25.1 Å². The summed E-state index contributed by atoms with van der Waals surface area (Å²) in [6.07, 6.45) is 0.845. The summed E-state index contributed by atoms with van der Waals surface area (Å²) in [6.45, 7) is -0.360. The van der Waals surface area contributed by atoms with Gasteiger partial charge in [-0.1, -0.05) is 29.8 Å². The van der Waals surface area contributed by atoms with Crippen molar-refractivity contribution in [3.05, 3.63) is 59.2 Å². The maximum Gasteiger partial charge on any atom is 0.387 e. The van der Waals surface area contributed by atoms with Crippen LogP contribution >= 0.6 is 0 Å². The van der Waals surface area contributed by atoms with Crippen molar-refractivity contribution in [2.45, 2.75) is 26.4 Å². The highest BCUT2D eigenvalue weighted by Crippen LogP contribution is 2.20. The van der Waals surface area contributed by atoms with Crippen LogP contribution in [0.2, 0.25) is 0 Å². The van der Waals surface area contributed by atoms with E-state index in [9.17, 15) is 13.6 Å². The van der Waals surface area contributed by atoms with Crippen molar-refractivity contribution >= 4 is 5.91 Å². The predicted molar refractivity (Wildman–Crippen MR) is 91.2 cm³/mol. The third-order valence-electron chi connectivity index (χ3n) is 3.67. The van der Waals surface area contributed by atoms with Crippen molar-refractivity contribution < 1.29 is 23.0 Å². The number of halogens is 2. The Morgan fingerprint density at radius 2 is 1.88 bits per heavy atom. The Morgan fingerprint density at radius 1 is 1.16 bits per heavy atom. The lowest BCUT2D eigenvalue weighted by molar-refractivity contribution is -0.120. The average Bonchev–Trinajstić information content (AvgIpc) is 2.56. The molecule has 0 bridgehead atoms. The van der Waals surface area contributed by atoms with Crippen molar-refractivity contribution in [1.82, 2.24) is 5.32 Å².